The van der Waals surface area contributed by atoms with Crippen LogP contribution in [0.2, 0.25) is 0 Å². The third-order valence-electron chi connectivity index (χ3n) is 3.03. The number of nitrogens with one attached hydrogen (secondary N) is 1. The van der Waals surface area contributed by atoms with Crippen LogP contribution in [0, 0.1) is 0 Å². The molecule has 0 spiro atoms. The van der Waals surface area contributed by atoms with Crippen molar-refractivity contribution in [3.63, 3.8) is 0 Å². The SMILES string of the molecule is CNC(Cc1ccc(OC(F)(F)F)cc1)c1cn(C)cn1. The molecular weight excluding hydrogens is 283 g/mol. The quantitative estimate of drug-likeness (QED) is 0.922. The molecule has 2 aromatic rings. The summed E-state index contributed by atoms with van der Waals surface area (Å²) in [5, 5.41) is 3.15. The zero-order valence-corrected chi connectivity index (χ0v) is 11.7. The predicted molar refractivity (Wildman–Crippen MR) is 71.8 cm³/mol. The monoisotopic (exact) mass is 299 g/mol. The van der Waals surface area contributed by atoms with Gasteiger partial charge in [-0.2, -0.15) is 0 Å². The maximum atomic E-state index is 12.1. The second kappa shape index (κ2) is 6.17. The van der Waals surface area contributed by atoms with Crippen LogP contribution in [0.25, 0.3) is 0 Å². The van der Waals surface area contributed by atoms with Crippen LogP contribution >= 0.6 is 0 Å². The summed E-state index contributed by atoms with van der Waals surface area (Å²) in [6.07, 6.45) is -0.426. The van der Waals surface area contributed by atoms with E-state index in [1.807, 2.05) is 24.9 Å². The van der Waals surface area contributed by atoms with Gasteiger partial charge in [0, 0.05) is 13.2 Å². The van der Waals surface area contributed by atoms with Crippen LogP contribution in [0.1, 0.15) is 17.3 Å². The molecule has 7 heteroatoms. The van der Waals surface area contributed by atoms with Crippen LogP contribution in [-0.4, -0.2) is 23.0 Å². The molecule has 2 rings (SSSR count). The molecule has 0 radical (unpaired) electrons. The van der Waals surface area contributed by atoms with Crippen molar-refractivity contribution < 1.29 is 17.9 Å². The lowest BCUT2D eigenvalue weighted by molar-refractivity contribution is -0.274. The Hall–Kier alpha value is -2.02. The van der Waals surface area contributed by atoms with E-state index in [0.29, 0.717) is 6.42 Å². The van der Waals surface area contributed by atoms with Gasteiger partial charge in [-0.25, -0.2) is 4.98 Å². The number of nitrogens with zero attached hydrogens (tertiary/aromatic N) is 2. The molecule has 0 aliphatic rings. The van der Waals surface area contributed by atoms with Crippen LogP contribution in [0.15, 0.2) is 36.8 Å². The highest BCUT2D eigenvalue weighted by atomic mass is 19.4. The van der Waals surface area contributed by atoms with Crippen LogP contribution < -0.4 is 10.1 Å². The van der Waals surface area contributed by atoms with Gasteiger partial charge in [0.05, 0.1) is 18.1 Å². The minimum atomic E-state index is -4.66. The van der Waals surface area contributed by atoms with Gasteiger partial charge in [0.25, 0.3) is 0 Å². The Balaban J connectivity index is 2.05. The summed E-state index contributed by atoms with van der Waals surface area (Å²) < 4.78 is 42.0. The first kappa shape index (κ1) is 15.4. The summed E-state index contributed by atoms with van der Waals surface area (Å²) in [4.78, 5) is 4.28. The molecule has 4 nitrogen and oxygen atoms in total. The Bertz CT molecular complexity index is 578. The maximum absolute atomic E-state index is 12.1. The van der Waals surface area contributed by atoms with E-state index in [0.717, 1.165) is 11.3 Å². The minimum Gasteiger partial charge on any atom is -0.406 e. The molecule has 1 atom stereocenters. The number of hydrogen-bond acceptors (Lipinski definition) is 3. The fourth-order valence-electron chi connectivity index (χ4n) is 2.03. The van der Waals surface area contributed by atoms with E-state index in [-0.39, 0.29) is 11.8 Å². The van der Waals surface area contributed by atoms with Gasteiger partial charge in [-0.05, 0) is 31.2 Å². The smallest absolute Gasteiger partial charge is 0.406 e. The summed E-state index contributed by atoms with van der Waals surface area (Å²) in [5.41, 5.74) is 1.78. The third kappa shape index (κ3) is 4.49. The summed E-state index contributed by atoms with van der Waals surface area (Å²) >= 11 is 0. The van der Waals surface area contributed by atoms with Crippen molar-refractivity contribution in [2.24, 2.45) is 7.05 Å². The van der Waals surface area contributed by atoms with Crippen molar-refractivity contribution in [3.05, 3.63) is 48.0 Å². The Morgan fingerprint density at radius 3 is 2.43 bits per heavy atom. The van der Waals surface area contributed by atoms with E-state index >= 15 is 0 Å². The number of aromatic nitrogens is 2. The fourth-order valence-corrected chi connectivity index (χ4v) is 2.03. The predicted octanol–water partition coefficient (Wildman–Crippen LogP) is 2.82. The first-order chi connectivity index (χ1) is 9.87. The number of imidazole rings is 1. The first-order valence-corrected chi connectivity index (χ1v) is 6.37. The number of ether oxygens (including phenoxy) is 1. The number of alkyl halides is 3. The molecule has 0 aliphatic heterocycles. The van der Waals surface area contributed by atoms with E-state index < -0.39 is 6.36 Å². The molecule has 1 aromatic heterocycles. The standard InChI is InChI=1S/C14H16F3N3O/c1-18-12(13-8-20(2)9-19-13)7-10-3-5-11(6-4-10)21-14(15,16)17/h3-6,8-9,12,18H,7H2,1-2H3. The van der Waals surface area contributed by atoms with Crippen LogP contribution in [0.5, 0.6) is 5.75 Å². The van der Waals surface area contributed by atoms with Gasteiger partial charge in [-0.15, -0.1) is 13.2 Å². The molecule has 1 heterocycles. The maximum Gasteiger partial charge on any atom is 0.573 e. The molecule has 1 N–H and O–H groups in total. The highest BCUT2D eigenvalue weighted by molar-refractivity contribution is 5.28. The molecule has 0 amide bonds. The topological polar surface area (TPSA) is 39.1 Å². The molecule has 0 saturated carbocycles. The molecule has 1 aromatic carbocycles. The number of benzene rings is 1. The minimum absolute atomic E-state index is 0.000541. The molecule has 1 unspecified atom stereocenters. The normalized spacial score (nSPS) is 13.2. The molecular formula is C14H16F3N3O. The molecule has 21 heavy (non-hydrogen) atoms. The summed E-state index contributed by atoms with van der Waals surface area (Å²) in [6.45, 7) is 0. The van der Waals surface area contributed by atoms with E-state index in [9.17, 15) is 13.2 Å². The zero-order chi connectivity index (χ0) is 15.5. The van der Waals surface area contributed by atoms with Gasteiger partial charge in [0.2, 0.25) is 0 Å². The van der Waals surface area contributed by atoms with Gasteiger partial charge in [0.1, 0.15) is 5.75 Å². The largest absolute Gasteiger partial charge is 0.573 e. The van der Waals surface area contributed by atoms with E-state index in [4.69, 9.17) is 0 Å². The van der Waals surface area contributed by atoms with Crippen LogP contribution in [-0.2, 0) is 13.5 Å². The number of hydrogen-bond donors (Lipinski definition) is 1. The van der Waals surface area contributed by atoms with E-state index in [1.54, 1.807) is 18.5 Å². The molecule has 0 aliphatic carbocycles. The fraction of sp³-hybridized carbons (Fsp3) is 0.357. The van der Waals surface area contributed by atoms with Crippen molar-refractivity contribution in [1.29, 1.82) is 0 Å². The Morgan fingerprint density at radius 2 is 1.95 bits per heavy atom. The lowest BCUT2D eigenvalue weighted by Gasteiger charge is -2.14. The lowest BCUT2D eigenvalue weighted by Crippen LogP contribution is -2.19. The molecule has 114 valence electrons. The van der Waals surface area contributed by atoms with Crippen LogP contribution in [0.3, 0.4) is 0 Å². The van der Waals surface area contributed by atoms with Crippen LogP contribution in [0.4, 0.5) is 13.2 Å². The second-order valence-corrected chi connectivity index (χ2v) is 4.70. The van der Waals surface area contributed by atoms with E-state index in [2.05, 4.69) is 15.0 Å². The van der Waals surface area contributed by atoms with Gasteiger partial charge in [-0.1, -0.05) is 12.1 Å². The summed E-state index contributed by atoms with van der Waals surface area (Å²) in [6, 6.07) is 5.87. The highest BCUT2D eigenvalue weighted by Gasteiger charge is 2.30. The van der Waals surface area contributed by atoms with Crippen molar-refractivity contribution in [3.8, 4) is 5.75 Å². The van der Waals surface area contributed by atoms with Gasteiger partial charge in [-0.3, -0.25) is 0 Å². The Morgan fingerprint density at radius 1 is 1.29 bits per heavy atom. The summed E-state index contributed by atoms with van der Waals surface area (Å²) in [7, 11) is 3.70. The van der Waals surface area contributed by atoms with Crippen molar-refractivity contribution in [2.45, 2.75) is 18.8 Å². The lowest BCUT2D eigenvalue weighted by atomic mass is 10.0. The third-order valence-corrected chi connectivity index (χ3v) is 3.03. The first-order valence-electron chi connectivity index (χ1n) is 6.37. The molecule has 0 saturated heterocycles. The average Bonchev–Trinajstić information content (AvgIpc) is 2.82. The Labute approximate surface area is 120 Å². The van der Waals surface area contributed by atoms with Gasteiger partial charge < -0.3 is 14.6 Å². The van der Waals surface area contributed by atoms with Gasteiger partial charge >= 0.3 is 6.36 Å². The number of aryl methyl sites for hydroxylation is 1. The molecule has 0 bridgehead atoms. The number of halogens is 3. The number of likely N-dealkylation sites (N-methyl/N-ethyl adjacent to an activating group) is 1. The second-order valence-electron chi connectivity index (χ2n) is 4.70. The highest BCUT2D eigenvalue weighted by Crippen LogP contribution is 2.24. The summed E-state index contributed by atoms with van der Waals surface area (Å²) in [5.74, 6) is -0.218. The molecule has 0 fully saturated rings. The van der Waals surface area contributed by atoms with Crippen molar-refractivity contribution in [2.75, 3.05) is 7.05 Å². The van der Waals surface area contributed by atoms with Crippen molar-refractivity contribution in [1.82, 2.24) is 14.9 Å². The zero-order valence-electron chi connectivity index (χ0n) is 11.7. The van der Waals surface area contributed by atoms with E-state index in [1.165, 1.54) is 12.1 Å². The number of rotatable bonds is 5. The Kier molecular flexibility index (Phi) is 4.52. The van der Waals surface area contributed by atoms with Crippen molar-refractivity contribution >= 4 is 0 Å². The van der Waals surface area contributed by atoms with Gasteiger partial charge in [0.15, 0.2) is 0 Å². The average molecular weight is 299 g/mol.